The van der Waals surface area contributed by atoms with Gasteiger partial charge in [0.2, 0.25) is 5.43 Å². The fraction of sp³-hybridized carbons (Fsp3) is 0.280. The molecule has 1 amide bonds. The largest absolute Gasteiger partial charge is 0.360 e. The Balaban J connectivity index is 1.31. The number of carbonyl (C=O) groups is 1. The number of pyridine rings is 1. The van der Waals surface area contributed by atoms with Crippen molar-refractivity contribution >= 4 is 33.4 Å². The molecule has 2 N–H and O–H groups in total. The van der Waals surface area contributed by atoms with Crippen molar-refractivity contribution in [3.8, 4) is 0 Å². The number of nitrogens with one attached hydrogen (secondary N) is 2. The summed E-state index contributed by atoms with van der Waals surface area (Å²) in [5.74, 6) is -0.0920. The van der Waals surface area contributed by atoms with Gasteiger partial charge in [0.25, 0.3) is 5.91 Å². The van der Waals surface area contributed by atoms with Gasteiger partial charge in [0.15, 0.2) is 5.82 Å². The van der Waals surface area contributed by atoms with E-state index < -0.39 is 17.2 Å². The average Bonchev–Trinajstić information content (AvgIpc) is 2.81. The molecule has 3 heterocycles. The van der Waals surface area contributed by atoms with E-state index >= 15 is 0 Å². The maximum absolute atomic E-state index is 13.8. The summed E-state index contributed by atoms with van der Waals surface area (Å²) < 4.78 is 13.8. The molecule has 4 aromatic rings. The summed E-state index contributed by atoms with van der Waals surface area (Å²) in [5, 5.41) is 14.0. The van der Waals surface area contributed by atoms with Crippen molar-refractivity contribution in [2.24, 2.45) is 0 Å². The molecule has 0 unspecified atom stereocenters. The fourth-order valence-corrected chi connectivity index (χ4v) is 4.59. The first-order valence-electron chi connectivity index (χ1n) is 11.0. The van der Waals surface area contributed by atoms with Gasteiger partial charge in [-0.2, -0.15) is 5.10 Å². The normalized spacial score (nSPS) is 14.7. The Labute approximate surface area is 189 Å². The van der Waals surface area contributed by atoms with Crippen LogP contribution in [0.1, 0.15) is 34.5 Å². The van der Waals surface area contributed by atoms with E-state index in [4.69, 9.17) is 0 Å². The second-order valence-electron chi connectivity index (χ2n) is 8.57. The monoisotopic (exact) mass is 445 g/mol. The van der Waals surface area contributed by atoms with Crippen LogP contribution in [-0.4, -0.2) is 40.2 Å². The SMILES string of the molecule is Cc1nnc(N2CCC(NC(=O)c3c[nH]c4c(C)cc(F)cc4c3=O)CC2)c2ccccc12. The van der Waals surface area contributed by atoms with Crippen LogP contribution in [0, 0.1) is 19.7 Å². The van der Waals surface area contributed by atoms with Crippen molar-refractivity contribution < 1.29 is 9.18 Å². The predicted octanol–water partition coefficient (Wildman–Crippen LogP) is 3.63. The number of benzene rings is 2. The van der Waals surface area contributed by atoms with E-state index in [9.17, 15) is 14.0 Å². The van der Waals surface area contributed by atoms with Crippen LogP contribution in [0.25, 0.3) is 21.7 Å². The van der Waals surface area contributed by atoms with E-state index in [0.29, 0.717) is 24.2 Å². The van der Waals surface area contributed by atoms with Crippen molar-refractivity contribution in [3.05, 3.63) is 75.5 Å². The molecule has 8 heteroatoms. The number of H-pyrrole nitrogens is 1. The van der Waals surface area contributed by atoms with Gasteiger partial charge in [0, 0.05) is 41.5 Å². The first-order chi connectivity index (χ1) is 15.9. The number of aromatic nitrogens is 3. The Hall–Kier alpha value is -3.81. The van der Waals surface area contributed by atoms with Gasteiger partial charge in [-0.1, -0.05) is 24.3 Å². The van der Waals surface area contributed by atoms with Crippen LogP contribution < -0.4 is 15.6 Å². The molecular weight excluding hydrogens is 421 g/mol. The first-order valence-corrected chi connectivity index (χ1v) is 11.0. The van der Waals surface area contributed by atoms with E-state index in [1.54, 1.807) is 6.92 Å². The highest BCUT2D eigenvalue weighted by molar-refractivity contribution is 5.98. The molecule has 33 heavy (non-hydrogen) atoms. The zero-order chi connectivity index (χ0) is 23.1. The summed E-state index contributed by atoms with van der Waals surface area (Å²) in [5.41, 5.74) is 1.58. The molecule has 1 saturated heterocycles. The maximum atomic E-state index is 13.8. The number of carbonyl (C=O) groups excluding carboxylic acids is 1. The van der Waals surface area contributed by atoms with Gasteiger partial charge in [-0.05, 0) is 44.4 Å². The molecule has 2 aromatic carbocycles. The zero-order valence-electron chi connectivity index (χ0n) is 18.5. The van der Waals surface area contributed by atoms with Gasteiger partial charge >= 0.3 is 0 Å². The third kappa shape index (κ3) is 3.82. The lowest BCUT2D eigenvalue weighted by molar-refractivity contribution is 0.0930. The number of piperidine rings is 1. The minimum absolute atomic E-state index is 0.00896. The highest BCUT2D eigenvalue weighted by Crippen LogP contribution is 2.27. The van der Waals surface area contributed by atoms with E-state index in [0.717, 1.165) is 35.1 Å². The van der Waals surface area contributed by atoms with Crippen LogP contribution in [0.3, 0.4) is 0 Å². The van der Waals surface area contributed by atoms with Gasteiger partial charge in [-0.3, -0.25) is 9.59 Å². The van der Waals surface area contributed by atoms with E-state index in [1.807, 2.05) is 25.1 Å². The van der Waals surface area contributed by atoms with Gasteiger partial charge in [0.05, 0.1) is 11.2 Å². The highest BCUT2D eigenvalue weighted by Gasteiger charge is 2.25. The lowest BCUT2D eigenvalue weighted by atomic mass is 10.0. The van der Waals surface area contributed by atoms with Gasteiger partial charge < -0.3 is 15.2 Å². The molecule has 0 spiro atoms. The quantitative estimate of drug-likeness (QED) is 0.503. The van der Waals surface area contributed by atoms with E-state index in [-0.39, 0.29) is 17.0 Å². The predicted molar refractivity (Wildman–Crippen MR) is 126 cm³/mol. The number of aryl methyl sites for hydroxylation is 2. The Kier molecular flexibility index (Phi) is 5.28. The number of aromatic amines is 1. The minimum atomic E-state index is -0.498. The third-order valence-electron chi connectivity index (χ3n) is 6.38. The van der Waals surface area contributed by atoms with Crippen LogP contribution in [0.15, 0.2) is 47.4 Å². The molecule has 5 rings (SSSR count). The molecule has 7 nitrogen and oxygen atoms in total. The summed E-state index contributed by atoms with van der Waals surface area (Å²) in [4.78, 5) is 30.8. The molecule has 1 aliphatic heterocycles. The van der Waals surface area contributed by atoms with Crippen LogP contribution in [0.2, 0.25) is 0 Å². The van der Waals surface area contributed by atoms with Crippen molar-refractivity contribution in [1.82, 2.24) is 20.5 Å². The summed E-state index contributed by atoms with van der Waals surface area (Å²) in [6.45, 7) is 5.10. The molecule has 1 fully saturated rings. The first kappa shape index (κ1) is 21.1. The van der Waals surface area contributed by atoms with Crippen LogP contribution in [0.4, 0.5) is 10.2 Å². The zero-order valence-corrected chi connectivity index (χ0v) is 18.5. The molecular formula is C25H24FN5O2. The summed E-state index contributed by atoms with van der Waals surface area (Å²) in [6, 6.07) is 10.5. The maximum Gasteiger partial charge on any atom is 0.256 e. The average molecular weight is 445 g/mol. The van der Waals surface area contributed by atoms with Crippen LogP contribution in [-0.2, 0) is 0 Å². The van der Waals surface area contributed by atoms with Crippen molar-refractivity contribution in [2.45, 2.75) is 32.7 Å². The van der Waals surface area contributed by atoms with Crippen LogP contribution in [0.5, 0.6) is 0 Å². The standard InChI is InChI=1S/C25H24FN5O2/c1-14-11-16(26)12-20-22(14)27-13-21(23(20)32)25(33)28-17-7-9-31(10-8-17)24-19-6-4-3-5-18(19)15(2)29-30-24/h3-6,11-13,17H,7-10H2,1-2H3,(H,27,32)(H,28,33). The summed E-state index contributed by atoms with van der Waals surface area (Å²) in [6.07, 6.45) is 2.84. The lowest BCUT2D eigenvalue weighted by Crippen LogP contribution is -2.45. The van der Waals surface area contributed by atoms with Gasteiger partial charge in [-0.25, -0.2) is 4.39 Å². The molecule has 0 bridgehead atoms. The molecule has 2 aromatic heterocycles. The van der Waals surface area contributed by atoms with Gasteiger partial charge in [0.1, 0.15) is 11.4 Å². The molecule has 168 valence electrons. The number of rotatable bonds is 3. The lowest BCUT2D eigenvalue weighted by Gasteiger charge is -2.33. The second kappa shape index (κ2) is 8.27. The Bertz CT molecular complexity index is 1440. The number of anilines is 1. The van der Waals surface area contributed by atoms with Crippen molar-refractivity contribution in [1.29, 1.82) is 0 Å². The number of hydrogen-bond acceptors (Lipinski definition) is 5. The second-order valence-corrected chi connectivity index (χ2v) is 8.57. The highest BCUT2D eigenvalue weighted by atomic mass is 19.1. The molecule has 0 radical (unpaired) electrons. The topological polar surface area (TPSA) is 91.0 Å². The molecule has 0 atom stereocenters. The number of halogens is 1. The van der Waals surface area contributed by atoms with Gasteiger partial charge in [-0.15, -0.1) is 5.10 Å². The molecule has 0 aliphatic carbocycles. The Morgan fingerprint density at radius 1 is 1.09 bits per heavy atom. The van der Waals surface area contributed by atoms with E-state index in [2.05, 4.69) is 31.5 Å². The number of hydrogen-bond donors (Lipinski definition) is 2. The molecule has 1 aliphatic rings. The van der Waals surface area contributed by atoms with Crippen molar-refractivity contribution in [2.75, 3.05) is 18.0 Å². The number of fused-ring (bicyclic) bond motifs is 2. The fourth-order valence-electron chi connectivity index (χ4n) is 4.59. The summed E-state index contributed by atoms with van der Waals surface area (Å²) >= 11 is 0. The van der Waals surface area contributed by atoms with E-state index in [1.165, 1.54) is 18.3 Å². The number of nitrogens with zero attached hydrogens (tertiary/aromatic N) is 3. The third-order valence-corrected chi connectivity index (χ3v) is 6.38. The Morgan fingerprint density at radius 3 is 2.58 bits per heavy atom. The number of amides is 1. The summed E-state index contributed by atoms with van der Waals surface area (Å²) in [7, 11) is 0. The smallest absolute Gasteiger partial charge is 0.256 e. The minimum Gasteiger partial charge on any atom is -0.360 e. The van der Waals surface area contributed by atoms with Crippen molar-refractivity contribution in [3.63, 3.8) is 0 Å². The van der Waals surface area contributed by atoms with Crippen LogP contribution >= 0.6 is 0 Å². The Morgan fingerprint density at radius 2 is 1.82 bits per heavy atom. The molecule has 0 saturated carbocycles.